The Morgan fingerprint density at radius 1 is 1.52 bits per heavy atom. The molecule has 0 saturated carbocycles. The van der Waals surface area contributed by atoms with Gasteiger partial charge in [0.05, 0.1) is 4.92 Å². The van der Waals surface area contributed by atoms with Gasteiger partial charge in [0, 0.05) is 31.2 Å². The highest BCUT2D eigenvalue weighted by atomic mass is 35.5. The van der Waals surface area contributed by atoms with E-state index in [1.807, 2.05) is 0 Å². The Morgan fingerprint density at radius 3 is 2.71 bits per heavy atom. The number of carboxylic acids is 1. The second-order valence-corrected chi connectivity index (χ2v) is 4.50. The molecule has 0 aliphatic carbocycles. The quantitative estimate of drug-likeness (QED) is 0.580. The summed E-state index contributed by atoms with van der Waals surface area (Å²) in [6.45, 7) is 0.125. The molecule has 9 heteroatoms. The van der Waals surface area contributed by atoms with E-state index in [9.17, 15) is 19.7 Å². The number of carbonyl (C=O) groups is 2. The fourth-order valence-electron chi connectivity index (χ4n) is 1.58. The first-order chi connectivity index (χ1) is 9.86. The van der Waals surface area contributed by atoms with Crippen LogP contribution in [0.15, 0.2) is 18.2 Å². The Balaban J connectivity index is 2.97. The lowest BCUT2D eigenvalue weighted by Crippen LogP contribution is -2.41. The lowest BCUT2D eigenvalue weighted by molar-refractivity contribution is -0.385. The van der Waals surface area contributed by atoms with Crippen LogP contribution in [-0.2, 0) is 9.53 Å². The number of hydrogen-bond acceptors (Lipinski definition) is 5. The topological polar surface area (TPSA) is 119 Å². The van der Waals surface area contributed by atoms with Gasteiger partial charge in [0.25, 0.3) is 11.6 Å². The molecule has 0 saturated heterocycles. The van der Waals surface area contributed by atoms with Crippen molar-refractivity contribution in [1.29, 1.82) is 0 Å². The first kappa shape index (κ1) is 16.9. The number of amides is 1. The minimum Gasteiger partial charge on any atom is -0.480 e. The maximum atomic E-state index is 12.0. The molecule has 1 unspecified atom stereocenters. The predicted octanol–water partition coefficient (Wildman–Crippen LogP) is 1.47. The molecule has 0 radical (unpaired) electrons. The van der Waals surface area contributed by atoms with E-state index >= 15 is 0 Å². The van der Waals surface area contributed by atoms with Crippen molar-refractivity contribution in [2.75, 3.05) is 13.7 Å². The van der Waals surface area contributed by atoms with E-state index in [1.54, 1.807) is 0 Å². The van der Waals surface area contributed by atoms with Crippen LogP contribution in [0.4, 0.5) is 5.69 Å². The predicted molar refractivity (Wildman–Crippen MR) is 73.5 cm³/mol. The molecule has 21 heavy (non-hydrogen) atoms. The molecule has 114 valence electrons. The van der Waals surface area contributed by atoms with Gasteiger partial charge in [0.15, 0.2) is 0 Å². The zero-order valence-electron chi connectivity index (χ0n) is 11.0. The standard InChI is InChI=1S/C12H13ClN2O6/c1-21-5-4-9(12(17)18)14-11(16)8-3-2-7(13)6-10(8)15(19)20/h2-3,6,9H,4-5H2,1H3,(H,14,16)(H,17,18). The fraction of sp³-hybridized carbons (Fsp3) is 0.333. The molecule has 0 bridgehead atoms. The van der Waals surface area contributed by atoms with Crippen molar-refractivity contribution in [2.45, 2.75) is 12.5 Å². The van der Waals surface area contributed by atoms with E-state index in [1.165, 1.54) is 19.2 Å². The van der Waals surface area contributed by atoms with Crippen molar-refractivity contribution in [3.63, 3.8) is 0 Å². The number of halogens is 1. The van der Waals surface area contributed by atoms with Crippen LogP contribution < -0.4 is 5.32 Å². The van der Waals surface area contributed by atoms with E-state index in [4.69, 9.17) is 21.4 Å². The highest BCUT2D eigenvalue weighted by molar-refractivity contribution is 6.31. The number of methoxy groups -OCH3 is 1. The Labute approximate surface area is 124 Å². The zero-order chi connectivity index (χ0) is 16.0. The van der Waals surface area contributed by atoms with E-state index in [2.05, 4.69) is 5.32 Å². The van der Waals surface area contributed by atoms with Crippen molar-refractivity contribution in [1.82, 2.24) is 5.32 Å². The van der Waals surface area contributed by atoms with Crippen LogP contribution in [0.3, 0.4) is 0 Å². The van der Waals surface area contributed by atoms with Gasteiger partial charge in [-0.05, 0) is 12.1 Å². The van der Waals surface area contributed by atoms with Crippen molar-refractivity contribution in [3.8, 4) is 0 Å². The van der Waals surface area contributed by atoms with Gasteiger partial charge in [-0.3, -0.25) is 14.9 Å². The summed E-state index contributed by atoms with van der Waals surface area (Å²) >= 11 is 5.64. The molecule has 0 aromatic heterocycles. The van der Waals surface area contributed by atoms with Gasteiger partial charge in [-0.25, -0.2) is 4.79 Å². The minimum atomic E-state index is -1.25. The fourth-order valence-corrected chi connectivity index (χ4v) is 1.74. The van der Waals surface area contributed by atoms with Gasteiger partial charge in [-0.2, -0.15) is 0 Å². The molecule has 0 heterocycles. The normalized spacial score (nSPS) is 11.7. The molecule has 0 aliphatic rings. The van der Waals surface area contributed by atoms with Crippen molar-refractivity contribution >= 4 is 29.2 Å². The van der Waals surface area contributed by atoms with Gasteiger partial charge in [-0.1, -0.05) is 11.6 Å². The average Bonchev–Trinajstić information content (AvgIpc) is 2.42. The van der Waals surface area contributed by atoms with Gasteiger partial charge >= 0.3 is 5.97 Å². The van der Waals surface area contributed by atoms with Crippen LogP contribution in [0, 0.1) is 10.1 Å². The van der Waals surface area contributed by atoms with Crippen LogP contribution in [-0.4, -0.2) is 41.7 Å². The highest BCUT2D eigenvalue weighted by Crippen LogP contribution is 2.23. The maximum absolute atomic E-state index is 12.0. The summed E-state index contributed by atoms with van der Waals surface area (Å²) in [6.07, 6.45) is 0.0406. The van der Waals surface area contributed by atoms with E-state index in [-0.39, 0.29) is 23.6 Å². The number of hydrogen-bond donors (Lipinski definition) is 2. The van der Waals surface area contributed by atoms with E-state index < -0.39 is 28.5 Å². The van der Waals surface area contributed by atoms with E-state index in [0.717, 1.165) is 6.07 Å². The number of nitro groups is 1. The third-order valence-electron chi connectivity index (χ3n) is 2.62. The molecule has 8 nitrogen and oxygen atoms in total. The third kappa shape index (κ3) is 4.69. The van der Waals surface area contributed by atoms with E-state index in [0.29, 0.717) is 0 Å². The Bertz CT molecular complexity index is 563. The second kappa shape index (κ2) is 7.55. The molecule has 1 rings (SSSR count). The molecule has 1 aromatic rings. The van der Waals surface area contributed by atoms with Crippen LogP contribution in [0.5, 0.6) is 0 Å². The average molecular weight is 317 g/mol. The lowest BCUT2D eigenvalue weighted by Gasteiger charge is -2.14. The molecule has 1 aromatic carbocycles. The first-order valence-electron chi connectivity index (χ1n) is 5.83. The molecular weight excluding hydrogens is 304 g/mol. The molecule has 0 fully saturated rings. The number of ether oxygens (including phenoxy) is 1. The van der Waals surface area contributed by atoms with Gasteiger partial charge in [0.1, 0.15) is 11.6 Å². The van der Waals surface area contributed by atoms with Crippen LogP contribution in [0.25, 0.3) is 0 Å². The highest BCUT2D eigenvalue weighted by Gasteiger charge is 2.25. The van der Waals surface area contributed by atoms with Gasteiger partial charge in [-0.15, -0.1) is 0 Å². The Hall–Kier alpha value is -2.19. The largest absolute Gasteiger partial charge is 0.480 e. The summed E-state index contributed by atoms with van der Waals surface area (Å²) in [5.74, 6) is -2.11. The number of carbonyl (C=O) groups excluding carboxylic acids is 1. The Morgan fingerprint density at radius 2 is 2.19 bits per heavy atom. The number of carboxylic acid groups (broad SMARTS) is 1. The smallest absolute Gasteiger partial charge is 0.326 e. The number of rotatable bonds is 7. The number of aliphatic carboxylic acids is 1. The van der Waals surface area contributed by atoms with Crippen molar-refractivity contribution in [2.24, 2.45) is 0 Å². The number of nitrogens with zero attached hydrogens (tertiary/aromatic N) is 1. The molecule has 0 spiro atoms. The lowest BCUT2D eigenvalue weighted by atomic mass is 10.1. The summed E-state index contributed by atoms with van der Waals surface area (Å²) in [6, 6.07) is 2.31. The summed E-state index contributed by atoms with van der Waals surface area (Å²) in [5.41, 5.74) is -0.746. The third-order valence-corrected chi connectivity index (χ3v) is 2.85. The SMILES string of the molecule is COCCC(NC(=O)c1ccc(Cl)cc1[N+](=O)[O-])C(=O)O. The minimum absolute atomic E-state index is 0.0406. The molecular formula is C12H13ClN2O6. The maximum Gasteiger partial charge on any atom is 0.326 e. The zero-order valence-corrected chi connectivity index (χ0v) is 11.8. The molecule has 1 atom stereocenters. The van der Waals surface area contributed by atoms with Crippen LogP contribution in [0.2, 0.25) is 5.02 Å². The number of benzene rings is 1. The van der Waals surface area contributed by atoms with Gasteiger partial charge in [0.2, 0.25) is 0 Å². The van der Waals surface area contributed by atoms with Crippen molar-refractivity contribution < 1.29 is 24.4 Å². The summed E-state index contributed by atoms with van der Waals surface area (Å²) < 4.78 is 4.75. The summed E-state index contributed by atoms with van der Waals surface area (Å²) in [4.78, 5) is 33.2. The number of nitro benzene ring substituents is 1. The van der Waals surface area contributed by atoms with Crippen molar-refractivity contribution in [3.05, 3.63) is 38.9 Å². The first-order valence-corrected chi connectivity index (χ1v) is 6.21. The molecule has 2 N–H and O–H groups in total. The van der Waals surface area contributed by atoms with Crippen LogP contribution >= 0.6 is 11.6 Å². The molecule has 0 aliphatic heterocycles. The number of nitrogens with one attached hydrogen (secondary N) is 1. The second-order valence-electron chi connectivity index (χ2n) is 4.06. The van der Waals surface area contributed by atoms with Crippen LogP contribution in [0.1, 0.15) is 16.8 Å². The van der Waals surface area contributed by atoms with Gasteiger partial charge < -0.3 is 15.2 Å². The molecule has 1 amide bonds. The Kier molecular flexibility index (Phi) is 6.07. The monoisotopic (exact) mass is 316 g/mol. The summed E-state index contributed by atoms with van der Waals surface area (Å²) in [7, 11) is 1.39. The summed E-state index contributed by atoms with van der Waals surface area (Å²) in [5, 5.41) is 22.2.